The molecule has 0 aliphatic rings. The Morgan fingerprint density at radius 1 is 1.30 bits per heavy atom. The Morgan fingerprint density at radius 2 is 1.95 bits per heavy atom. The first kappa shape index (κ1) is 15.1. The number of aryl methyl sites for hydroxylation is 1. The molecular formula is C15H18N2OS2. The van der Waals surface area contributed by atoms with Crippen molar-refractivity contribution in [3.63, 3.8) is 0 Å². The van der Waals surface area contributed by atoms with Gasteiger partial charge in [0.2, 0.25) is 0 Å². The van der Waals surface area contributed by atoms with Crippen LogP contribution in [-0.4, -0.2) is 17.1 Å². The van der Waals surface area contributed by atoms with Crippen molar-refractivity contribution in [3.05, 3.63) is 46.5 Å². The van der Waals surface area contributed by atoms with Gasteiger partial charge in [-0.25, -0.2) is 4.98 Å². The second-order valence-electron chi connectivity index (χ2n) is 5.03. The molecule has 0 saturated carbocycles. The first-order chi connectivity index (χ1) is 9.44. The number of hydrogen-bond acceptors (Lipinski definition) is 4. The van der Waals surface area contributed by atoms with Gasteiger partial charge in [0, 0.05) is 4.88 Å². The molecule has 0 spiro atoms. The average Bonchev–Trinajstić information content (AvgIpc) is 2.81. The number of thiazole rings is 1. The zero-order chi connectivity index (χ0) is 14.8. The third-order valence-electron chi connectivity index (χ3n) is 3.09. The zero-order valence-electron chi connectivity index (χ0n) is 12.1. The van der Waals surface area contributed by atoms with E-state index >= 15 is 0 Å². The molecule has 1 aromatic carbocycles. The number of carbonyl (C=O) groups is 1. The number of aromatic nitrogens is 1. The number of rotatable bonds is 4. The number of carbonyl (C=O) groups excluding carboxylic acids is 1. The van der Waals surface area contributed by atoms with Gasteiger partial charge < -0.3 is 5.32 Å². The normalized spacial score (nSPS) is 11.4. The highest BCUT2D eigenvalue weighted by atomic mass is 32.2. The minimum atomic E-state index is -0.423. The van der Waals surface area contributed by atoms with Crippen molar-refractivity contribution in [1.29, 1.82) is 0 Å². The number of benzene rings is 1. The number of amides is 1. The minimum Gasteiger partial charge on any atom is -0.342 e. The highest BCUT2D eigenvalue weighted by molar-refractivity contribution is 8.00. The van der Waals surface area contributed by atoms with Gasteiger partial charge in [0.25, 0.3) is 5.91 Å². The molecule has 0 unspecified atom stereocenters. The van der Waals surface area contributed by atoms with Crippen LogP contribution in [0, 0.1) is 6.92 Å². The molecule has 0 atom stereocenters. The highest BCUT2D eigenvalue weighted by Crippen LogP contribution is 2.26. The molecule has 1 heterocycles. The smallest absolute Gasteiger partial charge is 0.271 e. The van der Waals surface area contributed by atoms with E-state index in [1.54, 1.807) is 23.1 Å². The molecule has 0 bridgehead atoms. The summed E-state index contributed by atoms with van der Waals surface area (Å²) in [4.78, 5) is 17.7. The van der Waals surface area contributed by atoms with Crippen molar-refractivity contribution in [3.8, 4) is 0 Å². The van der Waals surface area contributed by atoms with Gasteiger partial charge in [-0.1, -0.05) is 42.1 Å². The Morgan fingerprint density at radius 3 is 2.50 bits per heavy atom. The molecule has 1 aromatic heterocycles. The lowest BCUT2D eigenvalue weighted by Crippen LogP contribution is -2.41. The third-order valence-corrected chi connectivity index (χ3v) is 5.04. The number of hydrogen-bond donors (Lipinski definition) is 1. The minimum absolute atomic E-state index is 0.118. The molecule has 0 aliphatic carbocycles. The monoisotopic (exact) mass is 306 g/mol. The Bertz CT molecular complexity index is 606. The number of thioether (sulfide) groups is 1. The lowest BCUT2D eigenvalue weighted by molar-refractivity contribution is 0.0906. The van der Waals surface area contributed by atoms with Gasteiger partial charge >= 0.3 is 0 Å². The summed E-state index contributed by atoms with van der Waals surface area (Å²) in [6.45, 7) is 5.93. The molecule has 2 rings (SSSR count). The lowest BCUT2D eigenvalue weighted by Gasteiger charge is -2.26. The zero-order valence-corrected chi connectivity index (χ0v) is 13.7. The largest absolute Gasteiger partial charge is 0.342 e. The van der Waals surface area contributed by atoms with Gasteiger partial charge in [0.05, 0.1) is 5.54 Å². The lowest BCUT2D eigenvalue weighted by atomic mass is 9.94. The van der Waals surface area contributed by atoms with Crippen LogP contribution >= 0.6 is 23.1 Å². The van der Waals surface area contributed by atoms with Crippen molar-refractivity contribution in [2.45, 2.75) is 30.6 Å². The van der Waals surface area contributed by atoms with Crippen LogP contribution in [0.25, 0.3) is 0 Å². The Kier molecular flexibility index (Phi) is 4.50. The van der Waals surface area contributed by atoms with Crippen LogP contribution in [-0.2, 0) is 5.54 Å². The molecule has 0 fully saturated rings. The van der Waals surface area contributed by atoms with Gasteiger partial charge in [-0.05, 0) is 32.6 Å². The fraction of sp³-hybridized carbons (Fsp3) is 0.333. The van der Waals surface area contributed by atoms with E-state index in [0.717, 1.165) is 14.8 Å². The summed E-state index contributed by atoms with van der Waals surface area (Å²) in [7, 11) is 0. The van der Waals surface area contributed by atoms with E-state index < -0.39 is 5.54 Å². The summed E-state index contributed by atoms with van der Waals surface area (Å²) in [5.41, 5.74) is 1.18. The molecule has 0 radical (unpaired) electrons. The van der Waals surface area contributed by atoms with E-state index in [1.165, 1.54) is 0 Å². The predicted octanol–water partition coefficient (Wildman–Crippen LogP) is 3.84. The van der Waals surface area contributed by atoms with Crippen molar-refractivity contribution in [2.75, 3.05) is 6.26 Å². The molecular weight excluding hydrogens is 288 g/mol. The maximum absolute atomic E-state index is 12.4. The van der Waals surface area contributed by atoms with Gasteiger partial charge in [0.15, 0.2) is 4.34 Å². The molecule has 2 aromatic rings. The van der Waals surface area contributed by atoms with Gasteiger partial charge in [-0.3, -0.25) is 4.79 Å². The van der Waals surface area contributed by atoms with E-state index in [-0.39, 0.29) is 5.91 Å². The molecule has 1 N–H and O–H groups in total. The van der Waals surface area contributed by atoms with Crippen LogP contribution in [0.1, 0.15) is 34.8 Å². The molecule has 5 heteroatoms. The van der Waals surface area contributed by atoms with E-state index in [1.807, 2.05) is 57.4 Å². The van der Waals surface area contributed by atoms with Crippen LogP contribution in [0.15, 0.2) is 34.7 Å². The third kappa shape index (κ3) is 3.22. The van der Waals surface area contributed by atoms with Crippen molar-refractivity contribution >= 4 is 29.0 Å². The standard InChI is InChI=1S/C15H18N2OS2/c1-10-12(16-14(19-4)20-10)13(18)17-15(2,3)11-8-6-5-7-9-11/h5-9H,1-4H3,(H,17,18). The van der Waals surface area contributed by atoms with Crippen LogP contribution in [0.3, 0.4) is 0 Å². The maximum Gasteiger partial charge on any atom is 0.271 e. The van der Waals surface area contributed by atoms with Crippen molar-refractivity contribution < 1.29 is 4.79 Å². The summed E-state index contributed by atoms with van der Waals surface area (Å²) in [5, 5.41) is 3.06. The SMILES string of the molecule is CSc1nc(C(=O)NC(C)(C)c2ccccc2)c(C)s1. The summed E-state index contributed by atoms with van der Waals surface area (Å²) >= 11 is 3.12. The first-order valence-corrected chi connectivity index (χ1v) is 8.37. The molecule has 0 aliphatic heterocycles. The molecule has 1 amide bonds. The van der Waals surface area contributed by atoms with E-state index in [2.05, 4.69) is 10.3 Å². The second-order valence-corrected chi connectivity index (χ2v) is 7.29. The van der Waals surface area contributed by atoms with Crippen LogP contribution < -0.4 is 5.32 Å². The summed E-state index contributed by atoms with van der Waals surface area (Å²) in [6.07, 6.45) is 1.97. The first-order valence-electron chi connectivity index (χ1n) is 6.33. The average molecular weight is 306 g/mol. The van der Waals surface area contributed by atoms with Gasteiger partial charge in [-0.15, -0.1) is 11.3 Å². The fourth-order valence-electron chi connectivity index (χ4n) is 1.94. The van der Waals surface area contributed by atoms with Crippen molar-refractivity contribution in [2.24, 2.45) is 0 Å². The maximum atomic E-state index is 12.4. The molecule has 0 saturated heterocycles. The summed E-state index contributed by atoms with van der Waals surface area (Å²) in [5.74, 6) is -0.118. The fourth-order valence-corrected chi connectivity index (χ4v) is 3.46. The van der Waals surface area contributed by atoms with E-state index in [0.29, 0.717) is 5.69 Å². The van der Waals surface area contributed by atoms with Crippen LogP contribution in [0.5, 0.6) is 0 Å². The molecule has 3 nitrogen and oxygen atoms in total. The summed E-state index contributed by atoms with van der Waals surface area (Å²) < 4.78 is 0.921. The van der Waals surface area contributed by atoms with Crippen LogP contribution in [0.2, 0.25) is 0 Å². The van der Waals surface area contributed by atoms with Crippen LogP contribution in [0.4, 0.5) is 0 Å². The van der Waals surface area contributed by atoms with Crippen molar-refractivity contribution in [1.82, 2.24) is 10.3 Å². The molecule has 106 valence electrons. The Hall–Kier alpha value is -1.33. The molecule has 20 heavy (non-hydrogen) atoms. The quantitative estimate of drug-likeness (QED) is 0.873. The Labute approximate surface area is 127 Å². The highest BCUT2D eigenvalue weighted by Gasteiger charge is 2.25. The van der Waals surface area contributed by atoms with Gasteiger partial charge in [-0.2, -0.15) is 0 Å². The number of nitrogens with one attached hydrogen (secondary N) is 1. The Balaban J connectivity index is 2.20. The topological polar surface area (TPSA) is 42.0 Å². The summed E-state index contributed by atoms with van der Waals surface area (Å²) in [6, 6.07) is 9.95. The van der Waals surface area contributed by atoms with E-state index in [4.69, 9.17) is 0 Å². The van der Waals surface area contributed by atoms with Gasteiger partial charge in [0.1, 0.15) is 5.69 Å². The number of nitrogens with zero attached hydrogens (tertiary/aromatic N) is 1. The predicted molar refractivity (Wildman–Crippen MR) is 85.6 cm³/mol. The second kappa shape index (κ2) is 5.97. The van der Waals surface area contributed by atoms with E-state index in [9.17, 15) is 4.79 Å².